The molecule has 0 aliphatic heterocycles. The molecule has 16 heavy (non-hydrogen) atoms. The van der Waals surface area contributed by atoms with E-state index in [1.807, 2.05) is 6.08 Å². The summed E-state index contributed by atoms with van der Waals surface area (Å²) in [5, 5.41) is 3.48. The molecule has 0 aliphatic carbocycles. The van der Waals surface area contributed by atoms with Gasteiger partial charge in [-0.1, -0.05) is 41.1 Å². The predicted molar refractivity (Wildman–Crippen MR) is 74.8 cm³/mol. The third-order valence-corrected chi connectivity index (χ3v) is 3.92. The SMILES string of the molecule is C=CC(NCCC)c1cc(C)c(Br)c(C)c1. The first-order valence-electron chi connectivity index (χ1n) is 5.72. The van der Waals surface area contributed by atoms with E-state index in [4.69, 9.17) is 0 Å². The highest BCUT2D eigenvalue weighted by Crippen LogP contribution is 2.26. The highest BCUT2D eigenvalue weighted by molar-refractivity contribution is 9.10. The van der Waals surface area contributed by atoms with Crippen molar-refractivity contribution in [2.24, 2.45) is 0 Å². The minimum absolute atomic E-state index is 0.255. The lowest BCUT2D eigenvalue weighted by Gasteiger charge is -2.17. The molecule has 0 heterocycles. The first-order valence-corrected chi connectivity index (χ1v) is 6.52. The molecule has 0 saturated carbocycles. The van der Waals surface area contributed by atoms with E-state index in [0.717, 1.165) is 13.0 Å². The Balaban J connectivity index is 2.97. The molecule has 0 spiro atoms. The number of hydrogen-bond donors (Lipinski definition) is 1. The molecule has 1 unspecified atom stereocenters. The standard InChI is InChI=1S/C14H20BrN/c1-5-7-16-13(6-2)12-8-10(3)14(15)11(4)9-12/h6,8-9,13,16H,2,5,7H2,1,3-4H3. The van der Waals surface area contributed by atoms with Crippen LogP contribution in [0.2, 0.25) is 0 Å². The van der Waals surface area contributed by atoms with E-state index in [1.54, 1.807) is 0 Å². The second-order valence-corrected chi connectivity index (χ2v) is 4.93. The summed E-state index contributed by atoms with van der Waals surface area (Å²) in [4.78, 5) is 0. The van der Waals surface area contributed by atoms with Gasteiger partial charge in [-0.25, -0.2) is 0 Å². The van der Waals surface area contributed by atoms with Gasteiger partial charge in [-0.05, 0) is 43.5 Å². The van der Waals surface area contributed by atoms with Crippen molar-refractivity contribution in [2.45, 2.75) is 33.2 Å². The van der Waals surface area contributed by atoms with Crippen LogP contribution in [0.1, 0.15) is 36.1 Å². The van der Waals surface area contributed by atoms with Gasteiger partial charge in [-0.2, -0.15) is 0 Å². The molecule has 0 radical (unpaired) electrons. The Labute approximate surface area is 107 Å². The zero-order valence-electron chi connectivity index (χ0n) is 10.3. The number of hydrogen-bond acceptors (Lipinski definition) is 1. The summed E-state index contributed by atoms with van der Waals surface area (Å²) in [7, 11) is 0. The van der Waals surface area contributed by atoms with E-state index < -0.39 is 0 Å². The molecule has 1 nitrogen and oxygen atoms in total. The smallest absolute Gasteiger partial charge is 0.0503 e. The van der Waals surface area contributed by atoms with Crippen molar-refractivity contribution in [3.05, 3.63) is 46.0 Å². The fourth-order valence-electron chi connectivity index (χ4n) is 1.80. The summed E-state index contributed by atoms with van der Waals surface area (Å²) in [5.41, 5.74) is 3.85. The number of benzene rings is 1. The highest BCUT2D eigenvalue weighted by Gasteiger charge is 2.09. The molecule has 0 aromatic heterocycles. The van der Waals surface area contributed by atoms with Gasteiger partial charge in [0.05, 0.1) is 6.04 Å². The number of rotatable bonds is 5. The lowest BCUT2D eigenvalue weighted by atomic mass is 10.0. The summed E-state index contributed by atoms with van der Waals surface area (Å²) in [5.74, 6) is 0. The van der Waals surface area contributed by atoms with Gasteiger partial charge in [0.25, 0.3) is 0 Å². The van der Waals surface area contributed by atoms with Crippen LogP contribution in [0.25, 0.3) is 0 Å². The third kappa shape index (κ3) is 3.19. The molecule has 1 rings (SSSR count). The molecule has 0 aliphatic rings. The Morgan fingerprint density at radius 2 is 1.94 bits per heavy atom. The maximum atomic E-state index is 3.90. The van der Waals surface area contributed by atoms with Crippen LogP contribution >= 0.6 is 15.9 Å². The molecule has 0 amide bonds. The normalized spacial score (nSPS) is 12.5. The highest BCUT2D eigenvalue weighted by atomic mass is 79.9. The van der Waals surface area contributed by atoms with Gasteiger partial charge < -0.3 is 5.32 Å². The molecular weight excluding hydrogens is 262 g/mol. The van der Waals surface area contributed by atoms with Gasteiger partial charge >= 0.3 is 0 Å². The van der Waals surface area contributed by atoms with E-state index >= 15 is 0 Å². The Morgan fingerprint density at radius 3 is 2.38 bits per heavy atom. The van der Waals surface area contributed by atoms with Crippen LogP contribution in [0.4, 0.5) is 0 Å². The Bertz CT molecular complexity index is 348. The number of aryl methyl sites for hydroxylation is 2. The largest absolute Gasteiger partial charge is 0.307 e. The minimum atomic E-state index is 0.255. The summed E-state index contributed by atoms with van der Waals surface area (Å²) in [6.07, 6.45) is 3.11. The Hall–Kier alpha value is -0.600. The van der Waals surface area contributed by atoms with E-state index in [1.165, 1.54) is 21.2 Å². The summed E-state index contributed by atoms with van der Waals surface area (Å²) < 4.78 is 1.20. The molecule has 88 valence electrons. The van der Waals surface area contributed by atoms with Crippen molar-refractivity contribution < 1.29 is 0 Å². The van der Waals surface area contributed by atoms with E-state index in [2.05, 4.69) is 60.7 Å². The minimum Gasteiger partial charge on any atom is -0.307 e. The molecule has 1 atom stereocenters. The molecule has 1 aromatic rings. The molecule has 1 aromatic carbocycles. The summed E-state index contributed by atoms with van der Waals surface area (Å²) >= 11 is 3.59. The van der Waals surface area contributed by atoms with Crippen LogP contribution in [0.3, 0.4) is 0 Å². The Kier molecular flexibility index (Phi) is 5.23. The van der Waals surface area contributed by atoms with Crippen molar-refractivity contribution >= 4 is 15.9 Å². The summed E-state index contributed by atoms with van der Waals surface area (Å²) in [6.45, 7) is 11.3. The molecule has 2 heteroatoms. The van der Waals surface area contributed by atoms with Gasteiger partial charge in [0.15, 0.2) is 0 Å². The van der Waals surface area contributed by atoms with Crippen molar-refractivity contribution in [3.63, 3.8) is 0 Å². The summed E-state index contributed by atoms with van der Waals surface area (Å²) in [6, 6.07) is 4.68. The van der Waals surface area contributed by atoms with Crippen molar-refractivity contribution in [2.75, 3.05) is 6.54 Å². The molecule has 0 saturated heterocycles. The average Bonchev–Trinajstić information content (AvgIpc) is 2.26. The Morgan fingerprint density at radius 1 is 1.38 bits per heavy atom. The van der Waals surface area contributed by atoms with Crippen LogP contribution < -0.4 is 5.32 Å². The molecule has 1 N–H and O–H groups in total. The molecular formula is C14H20BrN. The number of halogens is 1. The van der Waals surface area contributed by atoms with Crippen molar-refractivity contribution in [1.29, 1.82) is 0 Å². The van der Waals surface area contributed by atoms with Gasteiger partial charge in [0, 0.05) is 4.47 Å². The fraction of sp³-hybridized carbons (Fsp3) is 0.429. The topological polar surface area (TPSA) is 12.0 Å². The zero-order chi connectivity index (χ0) is 12.1. The van der Waals surface area contributed by atoms with Gasteiger partial charge in [-0.3, -0.25) is 0 Å². The van der Waals surface area contributed by atoms with Crippen LogP contribution in [0, 0.1) is 13.8 Å². The maximum absolute atomic E-state index is 3.90. The molecule has 0 bridgehead atoms. The average molecular weight is 282 g/mol. The zero-order valence-corrected chi connectivity index (χ0v) is 11.9. The predicted octanol–water partition coefficient (Wildman–Crippen LogP) is 4.29. The van der Waals surface area contributed by atoms with Gasteiger partial charge in [0.2, 0.25) is 0 Å². The second-order valence-electron chi connectivity index (χ2n) is 4.14. The van der Waals surface area contributed by atoms with E-state index in [-0.39, 0.29) is 6.04 Å². The van der Waals surface area contributed by atoms with Crippen molar-refractivity contribution in [1.82, 2.24) is 5.32 Å². The van der Waals surface area contributed by atoms with Crippen molar-refractivity contribution in [3.8, 4) is 0 Å². The quantitative estimate of drug-likeness (QED) is 0.794. The lowest BCUT2D eigenvalue weighted by Crippen LogP contribution is -2.20. The first kappa shape index (κ1) is 13.5. The van der Waals surface area contributed by atoms with Crippen LogP contribution in [-0.2, 0) is 0 Å². The lowest BCUT2D eigenvalue weighted by molar-refractivity contribution is 0.613. The van der Waals surface area contributed by atoms with Gasteiger partial charge in [0.1, 0.15) is 0 Å². The van der Waals surface area contributed by atoms with Crippen LogP contribution in [-0.4, -0.2) is 6.54 Å². The van der Waals surface area contributed by atoms with Crippen LogP contribution in [0.15, 0.2) is 29.3 Å². The monoisotopic (exact) mass is 281 g/mol. The molecule has 0 fully saturated rings. The first-order chi connectivity index (χ1) is 7.60. The van der Waals surface area contributed by atoms with E-state index in [0.29, 0.717) is 0 Å². The van der Waals surface area contributed by atoms with Crippen LogP contribution in [0.5, 0.6) is 0 Å². The van der Waals surface area contributed by atoms with E-state index in [9.17, 15) is 0 Å². The fourth-order valence-corrected chi connectivity index (χ4v) is 2.02. The maximum Gasteiger partial charge on any atom is 0.0503 e. The van der Waals surface area contributed by atoms with Gasteiger partial charge in [-0.15, -0.1) is 6.58 Å². The number of nitrogens with one attached hydrogen (secondary N) is 1. The third-order valence-electron chi connectivity index (χ3n) is 2.67. The second kappa shape index (κ2) is 6.21.